The number of piperidine rings is 2. The maximum absolute atomic E-state index is 5.50. The van der Waals surface area contributed by atoms with E-state index in [0.29, 0.717) is 0 Å². The zero-order valence-electron chi connectivity index (χ0n) is 15.2. The fourth-order valence-electron chi connectivity index (χ4n) is 3.69. The van der Waals surface area contributed by atoms with Crippen LogP contribution in [-0.2, 0) is 0 Å². The van der Waals surface area contributed by atoms with Gasteiger partial charge in [-0.3, -0.25) is 0 Å². The summed E-state index contributed by atoms with van der Waals surface area (Å²) in [5, 5.41) is 0. The van der Waals surface area contributed by atoms with Gasteiger partial charge in [-0.25, -0.2) is 4.31 Å². The summed E-state index contributed by atoms with van der Waals surface area (Å²) in [4.78, 5) is 3.87. The van der Waals surface area contributed by atoms with Crippen LogP contribution < -0.4 is 9.47 Å². The molecule has 0 spiro atoms. The molecule has 5 heteroatoms. The average Bonchev–Trinajstić information content (AvgIpc) is 2.63. The Morgan fingerprint density at radius 2 is 1.67 bits per heavy atom. The molecule has 2 heterocycles. The third-order valence-electron chi connectivity index (χ3n) is 5.36. The summed E-state index contributed by atoms with van der Waals surface area (Å²) in [6.45, 7) is 7.26. The molecule has 1 aromatic rings. The summed E-state index contributed by atoms with van der Waals surface area (Å²) in [5.41, 5.74) is 0. The summed E-state index contributed by atoms with van der Waals surface area (Å²) in [6, 6.07) is 6.79. The van der Waals surface area contributed by atoms with Gasteiger partial charge in [0.05, 0.1) is 19.1 Å². The van der Waals surface area contributed by atoms with Gasteiger partial charge in [0.25, 0.3) is 0 Å². The molecule has 0 amide bonds. The molecule has 0 aromatic heterocycles. The second-order valence-corrected chi connectivity index (χ2v) is 8.13. The van der Waals surface area contributed by atoms with E-state index < -0.39 is 0 Å². The van der Waals surface area contributed by atoms with Crippen LogP contribution in [0.2, 0.25) is 0 Å². The van der Waals surface area contributed by atoms with Crippen molar-refractivity contribution in [3.05, 3.63) is 18.2 Å². The zero-order chi connectivity index (χ0) is 16.9. The van der Waals surface area contributed by atoms with Crippen molar-refractivity contribution < 1.29 is 9.47 Å². The fourth-order valence-corrected chi connectivity index (χ4v) is 4.77. The molecular formula is C19H30N2O2S. The summed E-state index contributed by atoms with van der Waals surface area (Å²) >= 11 is 1.80. The van der Waals surface area contributed by atoms with Crippen molar-refractivity contribution in [1.82, 2.24) is 9.21 Å². The van der Waals surface area contributed by atoms with Gasteiger partial charge in [0, 0.05) is 19.1 Å². The van der Waals surface area contributed by atoms with Crippen LogP contribution in [0.5, 0.6) is 11.5 Å². The van der Waals surface area contributed by atoms with E-state index in [1.165, 1.54) is 38.8 Å². The number of hydrogen-bond acceptors (Lipinski definition) is 5. The van der Waals surface area contributed by atoms with Crippen LogP contribution in [0.15, 0.2) is 23.1 Å². The number of nitrogens with zero attached hydrogens (tertiary/aromatic N) is 2. The Morgan fingerprint density at radius 3 is 2.29 bits per heavy atom. The second kappa shape index (κ2) is 8.45. The first-order valence-corrected chi connectivity index (χ1v) is 9.86. The van der Waals surface area contributed by atoms with E-state index >= 15 is 0 Å². The highest BCUT2D eigenvalue weighted by atomic mass is 32.2. The van der Waals surface area contributed by atoms with Gasteiger partial charge in [0.15, 0.2) is 0 Å². The largest absolute Gasteiger partial charge is 0.497 e. The molecule has 0 bridgehead atoms. The molecule has 134 valence electrons. The van der Waals surface area contributed by atoms with Crippen LogP contribution in [0.4, 0.5) is 0 Å². The molecule has 0 aliphatic carbocycles. The Bertz CT molecular complexity index is 524. The first kappa shape index (κ1) is 17.9. The van der Waals surface area contributed by atoms with Gasteiger partial charge in [-0.1, -0.05) is 6.92 Å². The Morgan fingerprint density at radius 1 is 0.958 bits per heavy atom. The van der Waals surface area contributed by atoms with E-state index in [4.69, 9.17) is 9.47 Å². The Kier molecular flexibility index (Phi) is 6.31. The van der Waals surface area contributed by atoms with Crippen LogP contribution >= 0.6 is 11.9 Å². The van der Waals surface area contributed by atoms with Crippen LogP contribution in [0.25, 0.3) is 0 Å². The van der Waals surface area contributed by atoms with E-state index in [2.05, 4.69) is 22.2 Å². The van der Waals surface area contributed by atoms with E-state index in [1.54, 1.807) is 26.2 Å². The highest BCUT2D eigenvalue weighted by Gasteiger charge is 2.27. The molecule has 2 fully saturated rings. The van der Waals surface area contributed by atoms with Gasteiger partial charge in [-0.15, -0.1) is 0 Å². The van der Waals surface area contributed by atoms with Gasteiger partial charge in [0.1, 0.15) is 11.5 Å². The van der Waals surface area contributed by atoms with Crippen LogP contribution in [0, 0.1) is 5.92 Å². The number of methoxy groups -OCH3 is 2. The normalized spacial score (nSPS) is 21.8. The number of hydrogen-bond donors (Lipinski definition) is 0. The standard InChI is InChI=1S/C19H30N2O2S/c1-15-6-10-20(11-7-15)16-8-12-21(13-9-16)24-19-14-17(22-2)4-5-18(19)23-3/h4-5,14-16H,6-13H2,1-3H3. The first-order chi connectivity index (χ1) is 11.7. The Balaban J connectivity index is 1.54. The smallest absolute Gasteiger partial charge is 0.134 e. The lowest BCUT2D eigenvalue weighted by molar-refractivity contribution is 0.103. The van der Waals surface area contributed by atoms with E-state index in [-0.39, 0.29) is 0 Å². The molecule has 0 atom stereocenters. The third kappa shape index (κ3) is 4.38. The van der Waals surface area contributed by atoms with Crippen molar-refractivity contribution in [2.24, 2.45) is 5.92 Å². The SMILES string of the molecule is COc1ccc(OC)c(SN2CCC(N3CCC(C)CC3)CC2)c1. The highest BCUT2D eigenvalue weighted by Crippen LogP contribution is 2.36. The van der Waals surface area contributed by atoms with E-state index in [0.717, 1.165) is 41.4 Å². The van der Waals surface area contributed by atoms with Gasteiger partial charge >= 0.3 is 0 Å². The van der Waals surface area contributed by atoms with E-state index in [1.807, 2.05) is 12.1 Å². The fraction of sp³-hybridized carbons (Fsp3) is 0.684. The predicted octanol–water partition coefficient (Wildman–Crippen LogP) is 3.91. The molecule has 3 rings (SSSR count). The van der Waals surface area contributed by atoms with Crippen LogP contribution in [-0.4, -0.2) is 55.6 Å². The average molecular weight is 351 g/mol. The third-order valence-corrected chi connectivity index (χ3v) is 6.50. The van der Waals surface area contributed by atoms with Crippen molar-refractivity contribution in [2.45, 2.75) is 43.5 Å². The summed E-state index contributed by atoms with van der Waals surface area (Å²) in [5.74, 6) is 2.72. The molecule has 2 aliphatic heterocycles. The number of rotatable bonds is 5. The van der Waals surface area contributed by atoms with Crippen LogP contribution in [0.1, 0.15) is 32.6 Å². The molecule has 0 unspecified atom stereocenters. The lowest BCUT2D eigenvalue weighted by Gasteiger charge is -2.41. The summed E-state index contributed by atoms with van der Waals surface area (Å²) in [7, 11) is 3.44. The van der Waals surface area contributed by atoms with Crippen LogP contribution in [0.3, 0.4) is 0 Å². The lowest BCUT2D eigenvalue weighted by Crippen LogP contribution is -2.46. The minimum absolute atomic E-state index is 0.779. The predicted molar refractivity (Wildman–Crippen MR) is 100.0 cm³/mol. The summed E-state index contributed by atoms with van der Waals surface area (Å²) < 4.78 is 13.3. The monoisotopic (exact) mass is 350 g/mol. The minimum atomic E-state index is 0.779. The molecule has 4 nitrogen and oxygen atoms in total. The second-order valence-electron chi connectivity index (χ2n) is 6.99. The molecule has 2 aliphatic rings. The minimum Gasteiger partial charge on any atom is -0.497 e. The quantitative estimate of drug-likeness (QED) is 0.750. The van der Waals surface area contributed by atoms with E-state index in [9.17, 15) is 0 Å². The van der Waals surface area contributed by atoms with Crippen molar-refractivity contribution in [3.8, 4) is 11.5 Å². The molecule has 2 saturated heterocycles. The van der Waals surface area contributed by atoms with Gasteiger partial charge < -0.3 is 14.4 Å². The molecule has 24 heavy (non-hydrogen) atoms. The number of benzene rings is 1. The van der Waals surface area contributed by atoms with Crippen molar-refractivity contribution in [2.75, 3.05) is 40.4 Å². The Hall–Kier alpha value is -0.910. The van der Waals surface area contributed by atoms with Crippen molar-refractivity contribution in [1.29, 1.82) is 0 Å². The molecule has 1 aromatic carbocycles. The number of ether oxygens (including phenoxy) is 2. The number of likely N-dealkylation sites (tertiary alicyclic amines) is 1. The van der Waals surface area contributed by atoms with Gasteiger partial charge in [-0.05, 0) is 74.8 Å². The van der Waals surface area contributed by atoms with Crippen molar-refractivity contribution >= 4 is 11.9 Å². The lowest BCUT2D eigenvalue weighted by atomic mass is 9.95. The molecule has 0 N–H and O–H groups in total. The maximum Gasteiger partial charge on any atom is 0.134 e. The van der Waals surface area contributed by atoms with Gasteiger partial charge in [-0.2, -0.15) is 0 Å². The topological polar surface area (TPSA) is 24.9 Å². The molecule has 0 radical (unpaired) electrons. The van der Waals surface area contributed by atoms with Gasteiger partial charge in [0.2, 0.25) is 0 Å². The summed E-state index contributed by atoms with van der Waals surface area (Å²) in [6.07, 6.45) is 5.28. The zero-order valence-corrected chi connectivity index (χ0v) is 16.0. The maximum atomic E-state index is 5.50. The molecular weight excluding hydrogens is 320 g/mol. The highest BCUT2D eigenvalue weighted by molar-refractivity contribution is 7.97. The van der Waals surface area contributed by atoms with Crippen molar-refractivity contribution in [3.63, 3.8) is 0 Å². The first-order valence-electron chi connectivity index (χ1n) is 9.08. The Labute approximate surface area is 150 Å². The molecule has 0 saturated carbocycles.